The van der Waals surface area contributed by atoms with Crippen molar-refractivity contribution in [3.63, 3.8) is 0 Å². The summed E-state index contributed by atoms with van der Waals surface area (Å²) < 4.78 is 36.2. The number of hydrogen-bond donors (Lipinski definition) is 1. The maximum atomic E-state index is 12.1. The molecule has 0 saturated carbocycles. The summed E-state index contributed by atoms with van der Waals surface area (Å²) >= 11 is 0. The van der Waals surface area contributed by atoms with Gasteiger partial charge in [-0.05, 0) is 19.1 Å². The van der Waals surface area contributed by atoms with Gasteiger partial charge in [0.05, 0.1) is 5.41 Å². The van der Waals surface area contributed by atoms with Crippen LogP contribution in [0.3, 0.4) is 0 Å². The van der Waals surface area contributed by atoms with Crippen molar-refractivity contribution in [3.05, 3.63) is 0 Å². The van der Waals surface area contributed by atoms with Crippen molar-refractivity contribution in [3.8, 4) is 0 Å². The molecule has 0 radical (unpaired) electrons. The van der Waals surface area contributed by atoms with E-state index in [1.165, 1.54) is 0 Å². The summed E-state index contributed by atoms with van der Waals surface area (Å²) in [6.07, 6.45) is -2.98. The number of hydrogen-bond acceptors (Lipinski definition) is 1. The second-order valence-corrected chi connectivity index (χ2v) is 3.12. The Balaban J connectivity index is 4.10. The molecule has 66 valence electrons. The first-order chi connectivity index (χ1) is 4.81. The molecule has 0 heterocycles. The minimum atomic E-state index is -4.16. The second kappa shape index (κ2) is 3.24. The van der Waals surface area contributed by atoms with Crippen molar-refractivity contribution in [1.82, 2.24) is 0 Å². The van der Waals surface area contributed by atoms with Gasteiger partial charge in [-0.3, -0.25) is 0 Å². The van der Waals surface area contributed by atoms with Crippen LogP contribution in [0, 0.1) is 10.8 Å². The van der Waals surface area contributed by atoms with Gasteiger partial charge in [-0.25, -0.2) is 0 Å². The van der Waals surface area contributed by atoms with E-state index in [9.17, 15) is 13.2 Å². The van der Waals surface area contributed by atoms with Crippen LogP contribution in [0.4, 0.5) is 13.2 Å². The Kier molecular flexibility index (Phi) is 3.08. The largest absolute Gasteiger partial charge is 0.393 e. The molecule has 4 heteroatoms. The quantitative estimate of drug-likeness (QED) is 0.625. The van der Waals surface area contributed by atoms with E-state index in [2.05, 4.69) is 0 Å². The predicted octanol–water partition coefficient (Wildman–Crippen LogP) is 3.00. The summed E-state index contributed by atoms with van der Waals surface area (Å²) in [5.41, 5.74) is -1.66. The van der Waals surface area contributed by atoms with Gasteiger partial charge >= 0.3 is 6.18 Å². The molecule has 0 spiro atoms. The molecule has 0 bridgehead atoms. The van der Waals surface area contributed by atoms with Crippen LogP contribution >= 0.6 is 0 Å². The first-order valence-electron chi connectivity index (χ1n) is 3.37. The molecule has 0 unspecified atom stereocenters. The van der Waals surface area contributed by atoms with Gasteiger partial charge in [-0.15, -0.1) is 0 Å². The fraction of sp³-hybridized carbons (Fsp3) is 0.857. The third-order valence-electron chi connectivity index (χ3n) is 1.68. The molecule has 1 nitrogen and oxygen atoms in total. The fourth-order valence-electron chi connectivity index (χ4n) is 0.575. The van der Waals surface area contributed by atoms with Crippen LogP contribution in [0.2, 0.25) is 0 Å². The topological polar surface area (TPSA) is 23.9 Å². The first kappa shape index (κ1) is 10.5. The predicted molar refractivity (Wildman–Crippen MR) is 37.9 cm³/mol. The average molecular weight is 167 g/mol. The SMILES string of the molecule is CC(C)(CCC=N)C(F)(F)F. The number of halogens is 3. The lowest BCUT2D eigenvalue weighted by Gasteiger charge is -2.26. The highest BCUT2D eigenvalue weighted by Crippen LogP contribution is 2.40. The zero-order chi connectivity index (χ0) is 9.12. The Hall–Kier alpha value is -0.540. The Morgan fingerprint density at radius 3 is 2.00 bits per heavy atom. The second-order valence-electron chi connectivity index (χ2n) is 3.12. The molecule has 0 aliphatic heterocycles. The van der Waals surface area contributed by atoms with Gasteiger partial charge in [0.2, 0.25) is 0 Å². The molecule has 0 aliphatic rings. The van der Waals surface area contributed by atoms with Crippen LogP contribution in [0.1, 0.15) is 26.7 Å². The molecular weight excluding hydrogens is 155 g/mol. The molecule has 0 atom stereocenters. The standard InChI is InChI=1S/C7H12F3N/c1-6(2,4-3-5-11)7(8,9)10/h5,11H,3-4H2,1-2H3. The zero-order valence-corrected chi connectivity index (χ0v) is 6.63. The normalized spacial score (nSPS) is 13.2. The van der Waals surface area contributed by atoms with Crippen molar-refractivity contribution in [1.29, 1.82) is 5.41 Å². The van der Waals surface area contributed by atoms with Crippen LogP contribution in [0.5, 0.6) is 0 Å². The van der Waals surface area contributed by atoms with Crippen molar-refractivity contribution < 1.29 is 13.2 Å². The van der Waals surface area contributed by atoms with E-state index < -0.39 is 11.6 Å². The number of rotatable bonds is 3. The van der Waals surface area contributed by atoms with Crippen molar-refractivity contribution >= 4 is 6.21 Å². The van der Waals surface area contributed by atoms with E-state index in [0.717, 1.165) is 20.1 Å². The summed E-state index contributed by atoms with van der Waals surface area (Å²) in [6, 6.07) is 0. The Bertz CT molecular complexity index is 137. The molecule has 0 rings (SSSR count). The minimum absolute atomic E-state index is 0.0139. The number of nitrogens with one attached hydrogen (secondary N) is 1. The van der Waals surface area contributed by atoms with Crippen LogP contribution in [0.15, 0.2) is 0 Å². The van der Waals surface area contributed by atoms with E-state index >= 15 is 0 Å². The molecule has 0 saturated heterocycles. The van der Waals surface area contributed by atoms with Crippen LogP contribution in [-0.4, -0.2) is 12.4 Å². The molecule has 0 aromatic heterocycles. The summed E-state index contributed by atoms with van der Waals surface area (Å²) in [5.74, 6) is 0. The minimum Gasteiger partial charge on any atom is -0.313 e. The summed E-state index contributed by atoms with van der Waals surface area (Å²) in [7, 11) is 0. The van der Waals surface area contributed by atoms with Gasteiger partial charge in [0.25, 0.3) is 0 Å². The van der Waals surface area contributed by atoms with Gasteiger partial charge in [0.1, 0.15) is 0 Å². The Morgan fingerprint density at radius 1 is 1.27 bits per heavy atom. The smallest absolute Gasteiger partial charge is 0.313 e. The van der Waals surface area contributed by atoms with Crippen LogP contribution in [0.25, 0.3) is 0 Å². The molecule has 0 amide bonds. The Morgan fingerprint density at radius 2 is 1.73 bits per heavy atom. The maximum Gasteiger partial charge on any atom is 0.393 e. The molecule has 0 aliphatic carbocycles. The highest BCUT2D eigenvalue weighted by molar-refractivity contribution is 5.52. The lowest BCUT2D eigenvalue weighted by Crippen LogP contribution is -2.31. The number of alkyl halides is 3. The molecule has 11 heavy (non-hydrogen) atoms. The van der Waals surface area contributed by atoms with Gasteiger partial charge in [0.15, 0.2) is 0 Å². The van der Waals surface area contributed by atoms with Crippen LogP contribution < -0.4 is 0 Å². The van der Waals surface area contributed by atoms with Gasteiger partial charge in [-0.2, -0.15) is 13.2 Å². The third kappa shape index (κ3) is 2.91. The molecule has 0 fully saturated rings. The van der Waals surface area contributed by atoms with E-state index in [1.54, 1.807) is 0 Å². The summed E-state index contributed by atoms with van der Waals surface area (Å²) in [4.78, 5) is 0. The van der Waals surface area contributed by atoms with Gasteiger partial charge in [0, 0.05) is 0 Å². The lowest BCUT2D eigenvalue weighted by atomic mass is 9.87. The lowest BCUT2D eigenvalue weighted by molar-refractivity contribution is -0.212. The highest BCUT2D eigenvalue weighted by Gasteiger charge is 2.46. The van der Waals surface area contributed by atoms with Gasteiger partial charge in [-0.1, -0.05) is 13.8 Å². The van der Waals surface area contributed by atoms with E-state index in [1.807, 2.05) is 0 Å². The van der Waals surface area contributed by atoms with Crippen LogP contribution in [-0.2, 0) is 0 Å². The monoisotopic (exact) mass is 167 g/mol. The average Bonchev–Trinajstić information content (AvgIpc) is 1.81. The van der Waals surface area contributed by atoms with Gasteiger partial charge < -0.3 is 5.41 Å². The summed E-state index contributed by atoms with van der Waals surface area (Å²) in [5, 5.41) is 6.59. The van der Waals surface area contributed by atoms with Crippen molar-refractivity contribution in [2.45, 2.75) is 32.9 Å². The van der Waals surface area contributed by atoms with Crippen molar-refractivity contribution in [2.24, 2.45) is 5.41 Å². The molecule has 0 aromatic rings. The Labute approximate surface area is 64.1 Å². The highest BCUT2D eigenvalue weighted by atomic mass is 19.4. The van der Waals surface area contributed by atoms with Crippen molar-refractivity contribution in [2.75, 3.05) is 0 Å². The molecular formula is C7H12F3N. The van der Waals surface area contributed by atoms with E-state index in [0.29, 0.717) is 0 Å². The summed E-state index contributed by atoms with van der Waals surface area (Å²) in [6.45, 7) is 2.30. The zero-order valence-electron chi connectivity index (χ0n) is 6.63. The fourth-order valence-corrected chi connectivity index (χ4v) is 0.575. The third-order valence-corrected chi connectivity index (χ3v) is 1.68. The molecule has 0 aromatic carbocycles. The molecule has 1 N–H and O–H groups in total. The van der Waals surface area contributed by atoms with E-state index in [4.69, 9.17) is 5.41 Å². The maximum absolute atomic E-state index is 12.1. The van der Waals surface area contributed by atoms with E-state index in [-0.39, 0.29) is 12.8 Å². The first-order valence-corrected chi connectivity index (χ1v) is 3.37.